The zero-order chi connectivity index (χ0) is 45.8. The summed E-state index contributed by atoms with van der Waals surface area (Å²) < 4.78 is 16.8. The molecule has 0 amide bonds. The maximum absolute atomic E-state index is 12.8. The predicted molar refractivity (Wildman–Crippen MR) is 270 cm³/mol. The lowest BCUT2D eigenvalue weighted by molar-refractivity contribution is -0.167. The SMILES string of the molecule is CC/C=C\C/C=C\CCCCCCCC(=O)OCC(COC(=O)CCCCCCCCC/C=C\C/C=C\CCCCC)OC(=O)CCCCCCC/C=C\CCCCCCCCC. The summed E-state index contributed by atoms with van der Waals surface area (Å²) >= 11 is 0. The molecule has 0 fully saturated rings. The fourth-order valence-corrected chi connectivity index (χ4v) is 7.45. The Labute approximate surface area is 390 Å². The molecule has 6 heteroatoms. The van der Waals surface area contributed by atoms with Gasteiger partial charge in [-0.2, -0.15) is 0 Å². The molecular weight excluding hydrogens is 781 g/mol. The second kappa shape index (κ2) is 51.7. The Hall–Kier alpha value is -2.89. The largest absolute Gasteiger partial charge is 0.462 e. The highest BCUT2D eigenvalue weighted by atomic mass is 16.6. The molecule has 364 valence electrons. The number of esters is 3. The van der Waals surface area contributed by atoms with E-state index in [9.17, 15) is 14.4 Å². The normalized spacial score (nSPS) is 12.5. The fourth-order valence-electron chi connectivity index (χ4n) is 7.45. The summed E-state index contributed by atoms with van der Waals surface area (Å²) in [6, 6.07) is 0. The van der Waals surface area contributed by atoms with Crippen LogP contribution in [0.2, 0.25) is 0 Å². The highest BCUT2D eigenvalue weighted by Gasteiger charge is 2.19. The summed E-state index contributed by atoms with van der Waals surface area (Å²) in [7, 11) is 0. The van der Waals surface area contributed by atoms with Crippen LogP contribution in [0.3, 0.4) is 0 Å². The van der Waals surface area contributed by atoms with Gasteiger partial charge in [0.05, 0.1) is 0 Å². The molecule has 1 atom stereocenters. The summed E-state index contributed by atoms with van der Waals surface area (Å²) in [5.41, 5.74) is 0. The molecule has 0 aromatic carbocycles. The Balaban J connectivity index is 4.39. The third-order valence-corrected chi connectivity index (χ3v) is 11.5. The van der Waals surface area contributed by atoms with E-state index in [0.717, 1.165) is 116 Å². The van der Waals surface area contributed by atoms with Crippen LogP contribution in [0.1, 0.15) is 265 Å². The second-order valence-corrected chi connectivity index (χ2v) is 17.7. The van der Waals surface area contributed by atoms with E-state index in [-0.39, 0.29) is 31.1 Å². The quantitative estimate of drug-likeness (QED) is 0.0262. The Kier molecular flexibility index (Phi) is 49.4. The van der Waals surface area contributed by atoms with Crippen LogP contribution in [0, 0.1) is 0 Å². The molecule has 0 aliphatic heterocycles. The molecule has 1 unspecified atom stereocenters. The topological polar surface area (TPSA) is 78.9 Å². The third-order valence-electron chi connectivity index (χ3n) is 11.5. The number of carbonyl (C=O) groups is 3. The molecule has 63 heavy (non-hydrogen) atoms. The molecule has 6 nitrogen and oxygen atoms in total. The number of unbranched alkanes of at least 4 members (excludes halogenated alkanes) is 27. The van der Waals surface area contributed by atoms with Gasteiger partial charge in [-0.05, 0) is 103 Å². The highest BCUT2D eigenvalue weighted by molar-refractivity contribution is 5.71. The van der Waals surface area contributed by atoms with E-state index >= 15 is 0 Å². The average Bonchev–Trinajstić information content (AvgIpc) is 3.28. The number of allylic oxidation sites excluding steroid dienone is 10. The number of carbonyl (C=O) groups excluding carboxylic acids is 3. The Bertz CT molecular complexity index is 1150. The lowest BCUT2D eigenvalue weighted by atomic mass is 10.1. The van der Waals surface area contributed by atoms with E-state index in [4.69, 9.17) is 14.2 Å². The van der Waals surface area contributed by atoms with E-state index < -0.39 is 6.10 Å². The van der Waals surface area contributed by atoms with Gasteiger partial charge in [-0.3, -0.25) is 14.4 Å². The van der Waals surface area contributed by atoms with Crippen LogP contribution in [0.5, 0.6) is 0 Å². The number of ether oxygens (including phenoxy) is 3. The predicted octanol–water partition coefficient (Wildman–Crippen LogP) is 17.6. The molecule has 0 bridgehead atoms. The van der Waals surface area contributed by atoms with Gasteiger partial charge in [0, 0.05) is 19.3 Å². The maximum Gasteiger partial charge on any atom is 0.306 e. The van der Waals surface area contributed by atoms with Crippen LogP contribution < -0.4 is 0 Å². The monoisotopic (exact) mass is 881 g/mol. The van der Waals surface area contributed by atoms with Crippen molar-refractivity contribution in [2.24, 2.45) is 0 Å². The highest BCUT2D eigenvalue weighted by Crippen LogP contribution is 2.14. The number of hydrogen-bond acceptors (Lipinski definition) is 6. The molecule has 0 radical (unpaired) electrons. The standard InChI is InChI=1S/C57H100O6/c1-4-7-10-13-16-19-22-25-27-29-31-32-35-38-41-44-47-50-56(59)62-53-54(52-61-55(58)49-46-43-40-37-34-24-21-18-15-12-9-6-3)63-57(60)51-48-45-42-39-36-33-30-28-26-23-20-17-14-11-8-5-2/h9,12,16,18-19,21,25,27-28,30,54H,4-8,10-11,13-15,17,20,22-24,26,29,31-53H2,1-3H3/b12-9-,19-16-,21-18-,27-25-,30-28-. The molecule has 0 saturated heterocycles. The van der Waals surface area contributed by atoms with E-state index in [1.54, 1.807) is 0 Å². The van der Waals surface area contributed by atoms with Crippen molar-refractivity contribution in [2.45, 2.75) is 271 Å². The third kappa shape index (κ3) is 50.0. The van der Waals surface area contributed by atoms with Crippen molar-refractivity contribution in [1.29, 1.82) is 0 Å². The lowest BCUT2D eigenvalue weighted by Gasteiger charge is -2.18. The maximum atomic E-state index is 12.8. The average molecular weight is 881 g/mol. The Morgan fingerprint density at radius 1 is 0.333 bits per heavy atom. The van der Waals surface area contributed by atoms with E-state index in [0.29, 0.717) is 19.3 Å². The first-order valence-electron chi connectivity index (χ1n) is 26.8. The Morgan fingerprint density at radius 2 is 0.619 bits per heavy atom. The summed E-state index contributed by atoms with van der Waals surface area (Å²) in [5.74, 6) is -0.911. The molecule has 0 heterocycles. The molecule has 0 N–H and O–H groups in total. The zero-order valence-corrected chi connectivity index (χ0v) is 41.6. The molecule has 0 saturated carbocycles. The molecular formula is C57H100O6. The van der Waals surface area contributed by atoms with Crippen LogP contribution in [0.4, 0.5) is 0 Å². The first kappa shape index (κ1) is 60.1. The lowest BCUT2D eigenvalue weighted by Crippen LogP contribution is -2.30. The van der Waals surface area contributed by atoms with Gasteiger partial charge in [-0.25, -0.2) is 0 Å². The number of rotatable bonds is 48. The minimum absolute atomic E-state index is 0.0860. The van der Waals surface area contributed by atoms with Crippen LogP contribution in [0.15, 0.2) is 60.8 Å². The van der Waals surface area contributed by atoms with Gasteiger partial charge in [0.2, 0.25) is 0 Å². The summed E-state index contributed by atoms with van der Waals surface area (Å²) in [5, 5.41) is 0. The molecule has 0 aliphatic carbocycles. The van der Waals surface area contributed by atoms with E-state index in [1.807, 2.05) is 0 Å². The minimum Gasteiger partial charge on any atom is -0.462 e. The first-order chi connectivity index (χ1) is 31.0. The van der Waals surface area contributed by atoms with Gasteiger partial charge >= 0.3 is 17.9 Å². The van der Waals surface area contributed by atoms with Gasteiger partial charge in [-0.15, -0.1) is 0 Å². The fraction of sp³-hybridized carbons (Fsp3) is 0.772. The molecule has 0 aliphatic rings. The van der Waals surface area contributed by atoms with Crippen molar-refractivity contribution in [3.8, 4) is 0 Å². The van der Waals surface area contributed by atoms with Crippen LogP contribution in [0.25, 0.3) is 0 Å². The summed E-state index contributed by atoms with van der Waals surface area (Å²) in [6.07, 6.45) is 63.5. The van der Waals surface area contributed by atoms with Crippen molar-refractivity contribution in [3.05, 3.63) is 60.8 Å². The van der Waals surface area contributed by atoms with E-state index in [1.165, 1.54) is 109 Å². The summed E-state index contributed by atoms with van der Waals surface area (Å²) in [4.78, 5) is 38.0. The van der Waals surface area contributed by atoms with Crippen molar-refractivity contribution in [2.75, 3.05) is 13.2 Å². The molecule has 0 rings (SSSR count). The minimum atomic E-state index is -0.786. The molecule has 0 spiro atoms. The van der Waals surface area contributed by atoms with Crippen LogP contribution in [-0.2, 0) is 28.6 Å². The van der Waals surface area contributed by atoms with Gasteiger partial charge in [0.25, 0.3) is 0 Å². The summed E-state index contributed by atoms with van der Waals surface area (Å²) in [6.45, 7) is 6.49. The Morgan fingerprint density at radius 3 is 1.00 bits per heavy atom. The van der Waals surface area contributed by atoms with Gasteiger partial charge in [0.15, 0.2) is 6.10 Å². The molecule has 0 aromatic rings. The second-order valence-electron chi connectivity index (χ2n) is 17.7. The number of hydrogen-bond donors (Lipinski definition) is 0. The van der Waals surface area contributed by atoms with Gasteiger partial charge in [-0.1, -0.05) is 204 Å². The van der Waals surface area contributed by atoms with Crippen molar-refractivity contribution < 1.29 is 28.6 Å². The van der Waals surface area contributed by atoms with Crippen LogP contribution >= 0.6 is 0 Å². The van der Waals surface area contributed by atoms with E-state index in [2.05, 4.69) is 81.5 Å². The first-order valence-corrected chi connectivity index (χ1v) is 26.8. The van der Waals surface area contributed by atoms with Crippen molar-refractivity contribution >= 4 is 17.9 Å². The van der Waals surface area contributed by atoms with Crippen molar-refractivity contribution in [3.63, 3.8) is 0 Å². The van der Waals surface area contributed by atoms with Crippen LogP contribution in [-0.4, -0.2) is 37.2 Å². The van der Waals surface area contributed by atoms with Crippen molar-refractivity contribution in [1.82, 2.24) is 0 Å². The van der Waals surface area contributed by atoms with Gasteiger partial charge in [0.1, 0.15) is 13.2 Å². The van der Waals surface area contributed by atoms with Gasteiger partial charge < -0.3 is 14.2 Å². The smallest absolute Gasteiger partial charge is 0.306 e. The molecule has 0 aromatic heterocycles. The zero-order valence-electron chi connectivity index (χ0n) is 41.6.